The van der Waals surface area contributed by atoms with Crippen LogP contribution in [0.4, 0.5) is 37.7 Å². The molecule has 4 aromatic rings. The van der Waals surface area contributed by atoms with Crippen molar-refractivity contribution in [3.05, 3.63) is 94.5 Å². The average molecular weight is 770 g/mol. The van der Waals surface area contributed by atoms with E-state index in [0.717, 1.165) is 24.3 Å². The molecule has 0 unspecified atom stereocenters. The number of rotatable bonds is 8. The Morgan fingerprint density at radius 2 is 1.04 bits per heavy atom. The molecule has 0 aliphatic carbocycles. The topological polar surface area (TPSA) is 138 Å². The molecule has 256 valence electrons. The maximum atomic E-state index is 12.7. The van der Waals surface area contributed by atoms with Crippen molar-refractivity contribution in [2.75, 3.05) is 35.5 Å². The van der Waals surface area contributed by atoms with Gasteiger partial charge in [0, 0.05) is 69.7 Å². The Balaban J connectivity index is 0.000000286. The highest BCUT2D eigenvalue weighted by Crippen LogP contribution is 2.30. The maximum Gasteiger partial charge on any atom is 0.416 e. The number of halogens is 10. The van der Waals surface area contributed by atoms with Gasteiger partial charge in [-0.15, -0.1) is 23.2 Å². The van der Waals surface area contributed by atoms with Gasteiger partial charge in [0.1, 0.15) is 22.4 Å². The Kier molecular flexibility index (Phi) is 15.2. The van der Waals surface area contributed by atoms with Crippen LogP contribution in [-0.4, -0.2) is 52.6 Å². The summed E-state index contributed by atoms with van der Waals surface area (Å²) in [4.78, 5) is 0. The van der Waals surface area contributed by atoms with Gasteiger partial charge in [0.15, 0.2) is 0 Å². The molecule has 0 aliphatic rings. The van der Waals surface area contributed by atoms with E-state index in [-0.39, 0.29) is 11.4 Å². The highest BCUT2D eigenvalue weighted by atomic mass is 35.5. The summed E-state index contributed by atoms with van der Waals surface area (Å²) in [6, 6.07) is 9.70. The van der Waals surface area contributed by atoms with Gasteiger partial charge >= 0.3 is 12.4 Å². The zero-order valence-electron chi connectivity index (χ0n) is 23.4. The molecule has 2 aromatic carbocycles. The number of alkyl halides is 8. The van der Waals surface area contributed by atoms with E-state index in [1.807, 2.05) is 0 Å². The third kappa shape index (κ3) is 14.2. The van der Waals surface area contributed by atoms with E-state index in [9.17, 15) is 26.3 Å². The molecular formula is C26H22Cl4F6N6O4S. The molecule has 0 atom stereocenters. The van der Waals surface area contributed by atoms with Crippen LogP contribution in [-0.2, 0) is 22.8 Å². The van der Waals surface area contributed by atoms with Gasteiger partial charge in [0.2, 0.25) is 23.8 Å². The third-order valence-electron chi connectivity index (χ3n) is 5.30. The molecule has 0 fully saturated rings. The van der Waals surface area contributed by atoms with Crippen LogP contribution < -0.4 is 20.0 Å². The van der Waals surface area contributed by atoms with Crippen LogP contribution in [0.1, 0.15) is 11.1 Å². The van der Waals surface area contributed by atoms with Crippen LogP contribution in [0.5, 0.6) is 0 Å². The molecule has 0 bridgehead atoms. The fraction of sp³-hybridized carbons (Fsp3) is 0.231. The quantitative estimate of drug-likeness (QED) is 0.0730. The Morgan fingerprint density at radius 3 is 1.32 bits per heavy atom. The summed E-state index contributed by atoms with van der Waals surface area (Å²) in [6.07, 6.45) is -3.05. The maximum absolute atomic E-state index is 12.7. The van der Waals surface area contributed by atoms with Gasteiger partial charge in [-0.1, -0.05) is 44.7 Å². The summed E-state index contributed by atoms with van der Waals surface area (Å²) >= 11 is 23.2. The second kappa shape index (κ2) is 17.8. The molecule has 47 heavy (non-hydrogen) atoms. The van der Waals surface area contributed by atoms with Crippen molar-refractivity contribution in [1.82, 2.24) is 10.2 Å². The number of hydrogen-bond acceptors (Lipinski definition) is 8. The van der Waals surface area contributed by atoms with Gasteiger partial charge in [-0.05, 0) is 12.1 Å². The molecule has 0 saturated heterocycles. The number of anilines is 2. The molecule has 21 heteroatoms. The standard InChI is InChI=1S/2C13H10Cl2F3N3.H2O4S/c2*14-4-5-19-12-7-20-21(8-11(12)15)10-3-1-2-9(6-10)13(16,17)18;1-5(2,3)4/h2*1-3,6-8H,4-5H2;(H2,1,2,3,4). The first-order valence-corrected chi connectivity index (χ1v) is 15.8. The first-order chi connectivity index (χ1) is 21.8. The molecule has 2 N–H and O–H groups in total. The number of benzene rings is 2. The first kappa shape index (κ1) is 40.0. The van der Waals surface area contributed by atoms with Crippen molar-refractivity contribution in [3.63, 3.8) is 0 Å². The molecule has 0 spiro atoms. The lowest BCUT2D eigenvalue weighted by Crippen LogP contribution is -2.35. The molecule has 0 amide bonds. The van der Waals surface area contributed by atoms with Gasteiger partial charge in [-0.2, -0.15) is 26.3 Å². The average Bonchev–Trinajstić information content (AvgIpc) is 2.98. The predicted octanol–water partition coefficient (Wildman–Crippen LogP) is 6.02. The zero-order valence-corrected chi connectivity index (χ0v) is 27.2. The summed E-state index contributed by atoms with van der Waals surface area (Å²) in [5.74, 6) is 0.803. The second-order valence-corrected chi connectivity index (χ2v) is 11.1. The van der Waals surface area contributed by atoms with E-state index in [2.05, 4.69) is 20.8 Å². The molecular weight excluding hydrogens is 748 g/mol. The Hall–Kier alpha value is -3.19. The first-order valence-electron chi connectivity index (χ1n) is 12.6. The van der Waals surface area contributed by atoms with E-state index in [1.54, 1.807) is 0 Å². The van der Waals surface area contributed by atoms with E-state index < -0.39 is 33.9 Å². The lowest BCUT2D eigenvalue weighted by Gasteiger charge is -2.06. The Labute approximate surface area is 284 Å². The molecule has 0 radical (unpaired) electrons. The van der Waals surface area contributed by atoms with Gasteiger partial charge in [-0.25, -0.2) is 0 Å². The summed E-state index contributed by atoms with van der Waals surface area (Å²) in [7, 11) is -5.17. The van der Waals surface area contributed by atoms with Crippen LogP contribution in [0.25, 0.3) is 11.4 Å². The normalized spacial score (nSPS) is 11.5. The van der Waals surface area contributed by atoms with Crippen LogP contribution >= 0.6 is 46.4 Å². The van der Waals surface area contributed by atoms with Crippen LogP contribution in [0.15, 0.2) is 73.3 Å². The molecule has 4 rings (SSSR count). The monoisotopic (exact) mass is 768 g/mol. The Morgan fingerprint density at radius 1 is 0.702 bits per heavy atom. The van der Waals surface area contributed by atoms with E-state index in [4.69, 9.17) is 63.9 Å². The second-order valence-electron chi connectivity index (χ2n) is 8.70. The third-order valence-corrected chi connectivity index (χ3v) is 6.28. The highest BCUT2D eigenvalue weighted by Gasteiger charge is 2.32. The van der Waals surface area contributed by atoms with Crippen molar-refractivity contribution in [3.8, 4) is 11.4 Å². The molecule has 2 aromatic heterocycles. The lowest BCUT2D eigenvalue weighted by molar-refractivity contribution is -0.659. The van der Waals surface area contributed by atoms with E-state index >= 15 is 0 Å². The van der Waals surface area contributed by atoms with Gasteiger partial charge in [0.05, 0.1) is 22.5 Å². The molecule has 2 heterocycles. The minimum Gasteiger partial charge on any atom is -0.759 e. The van der Waals surface area contributed by atoms with Gasteiger partial charge < -0.3 is 19.7 Å². The number of hydrogen-bond donors (Lipinski definition) is 2. The van der Waals surface area contributed by atoms with Crippen molar-refractivity contribution < 1.29 is 53.2 Å². The van der Waals surface area contributed by atoms with Crippen LogP contribution in [0, 0.1) is 0 Å². The number of nitrogens with one attached hydrogen (secondary N) is 2. The van der Waals surface area contributed by atoms with E-state index in [0.29, 0.717) is 46.3 Å². The van der Waals surface area contributed by atoms with Gasteiger partial charge in [-0.3, -0.25) is 8.42 Å². The Bertz CT molecular complexity index is 1620. The minimum atomic E-state index is -5.17. The van der Waals surface area contributed by atoms with E-state index in [1.165, 1.54) is 58.4 Å². The zero-order chi connectivity index (χ0) is 35.4. The van der Waals surface area contributed by atoms with Gasteiger partial charge in [0.25, 0.3) is 0 Å². The largest absolute Gasteiger partial charge is 0.759 e. The fourth-order valence-electron chi connectivity index (χ4n) is 3.34. The summed E-state index contributed by atoms with van der Waals surface area (Å²) < 4.78 is 113. The molecule has 0 aliphatic heterocycles. The van der Waals surface area contributed by atoms with Crippen LogP contribution in [0.2, 0.25) is 10.0 Å². The smallest absolute Gasteiger partial charge is 0.416 e. The summed E-state index contributed by atoms with van der Waals surface area (Å²) in [5.41, 5.74) is 0.205. The summed E-state index contributed by atoms with van der Waals surface area (Å²) in [6.45, 7) is 1.02. The van der Waals surface area contributed by atoms with Crippen molar-refractivity contribution >= 4 is 68.2 Å². The lowest BCUT2D eigenvalue weighted by atomic mass is 10.2. The number of aromatic nitrogens is 4. The highest BCUT2D eigenvalue weighted by molar-refractivity contribution is 7.79. The van der Waals surface area contributed by atoms with Crippen molar-refractivity contribution in [1.29, 1.82) is 0 Å². The number of nitrogens with zero attached hydrogens (tertiary/aromatic N) is 4. The fourth-order valence-corrected chi connectivity index (χ4v) is 3.94. The van der Waals surface area contributed by atoms with Crippen molar-refractivity contribution in [2.45, 2.75) is 12.4 Å². The SMILES string of the molecule is FC(F)(F)c1cccc(-[n+]2cc(Cl)c(NCCCl)cn2)c1.FC(F)(F)c1cccc(-[n+]2cc(Cl)c(NCCCl)cn2)c1.O=S(=O)([O-])[O-]. The van der Waals surface area contributed by atoms with Crippen LogP contribution in [0.3, 0.4) is 0 Å². The minimum absolute atomic E-state index is 0.274. The molecule has 10 nitrogen and oxygen atoms in total. The summed E-state index contributed by atoms with van der Waals surface area (Å²) in [5, 5.41) is 14.7. The predicted molar refractivity (Wildman–Crippen MR) is 160 cm³/mol. The molecule has 0 saturated carbocycles. The van der Waals surface area contributed by atoms with Crippen molar-refractivity contribution in [2.24, 2.45) is 0 Å².